The Balaban J connectivity index is 1.16. The van der Waals surface area contributed by atoms with E-state index in [0.29, 0.717) is 30.6 Å². The number of amides is 2. The summed E-state index contributed by atoms with van der Waals surface area (Å²) in [4.78, 5) is 36.3. The molecule has 4 atom stereocenters. The van der Waals surface area contributed by atoms with Crippen molar-refractivity contribution in [2.75, 3.05) is 33.3 Å². The van der Waals surface area contributed by atoms with E-state index < -0.39 is 12.1 Å². The zero-order chi connectivity index (χ0) is 32.8. The predicted molar refractivity (Wildman–Crippen MR) is 184 cm³/mol. The zero-order valence-corrected chi connectivity index (χ0v) is 27.8. The molecule has 0 saturated carbocycles. The van der Waals surface area contributed by atoms with Crippen molar-refractivity contribution < 1.29 is 19.4 Å². The summed E-state index contributed by atoms with van der Waals surface area (Å²) in [5, 5.41) is 21.4. The van der Waals surface area contributed by atoms with Crippen LogP contribution in [0.3, 0.4) is 0 Å². The molecule has 2 aliphatic rings. The van der Waals surface area contributed by atoms with E-state index in [-0.39, 0.29) is 23.9 Å². The van der Waals surface area contributed by atoms with Crippen LogP contribution < -0.4 is 15.4 Å². The summed E-state index contributed by atoms with van der Waals surface area (Å²) in [6, 6.07) is 24.0. The highest BCUT2D eigenvalue weighted by Crippen LogP contribution is 2.35. The number of hydrogen-bond donors (Lipinski definition) is 3. The van der Waals surface area contributed by atoms with Gasteiger partial charge in [-0.25, -0.2) is 4.98 Å². The van der Waals surface area contributed by atoms with Gasteiger partial charge in [0, 0.05) is 61.0 Å². The Morgan fingerprint density at radius 2 is 1.83 bits per heavy atom. The molecule has 4 aromatic rings. The number of aryl methyl sites for hydroxylation is 1. The summed E-state index contributed by atoms with van der Waals surface area (Å²) in [6.45, 7) is 5.55. The number of benzene rings is 3. The van der Waals surface area contributed by atoms with E-state index >= 15 is 0 Å². The van der Waals surface area contributed by atoms with E-state index in [2.05, 4.69) is 26.6 Å². The molecule has 3 N–H and O–H groups in total. The van der Waals surface area contributed by atoms with Crippen LogP contribution in [0.2, 0.25) is 0 Å². The summed E-state index contributed by atoms with van der Waals surface area (Å²) in [5.41, 5.74) is 3.98. The third-order valence-corrected chi connectivity index (χ3v) is 10.1. The van der Waals surface area contributed by atoms with Gasteiger partial charge in [0.2, 0.25) is 0 Å². The number of piperazine rings is 1. The van der Waals surface area contributed by atoms with Gasteiger partial charge < -0.3 is 25.4 Å². The summed E-state index contributed by atoms with van der Waals surface area (Å²) in [7, 11) is 1.67. The Kier molecular flexibility index (Phi) is 10.6. The molecule has 0 unspecified atom stereocenters. The van der Waals surface area contributed by atoms with E-state index in [1.54, 1.807) is 42.7 Å². The number of methoxy groups -OCH3 is 1. The molecule has 0 aliphatic carbocycles. The maximum Gasteiger partial charge on any atom is 0.254 e. The van der Waals surface area contributed by atoms with E-state index in [1.807, 2.05) is 65.7 Å². The lowest BCUT2D eigenvalue weighted by atomic mass is 9.94. The van der Waals surface area contributed by atoms with Crippen LogP contribution >= 0.6 is 11.3 Å². The molecule has 2 saturated heterocycles. The number of hydrogen-bond acceptors (Lipinski definition) is 8. The first-order valence-electron chi connectivity index (χ1n) is 16.3. The van der Waals surface area contributed by atoms with Crippen molar-refractivity contribution in [2.24, 2.45) is 0 Å². The Hall–Kier alpha value is -4.09. The van der Waals surface area contributed by atoms with E-state index in [0.717, 1.165) is 60.1 Å². The third-order valence-electron chi connectivity index (χ3n) is 9.08. The highest BCUT2D eigenvalue weighted by Gasteiger charge is 2.34. The SMILES string of the molecule is COc1cccc(CN2CCN[C@H]([C@@H](O)[C@@H](Cc3ccccc3)NC(=O)c3cccc(C(=O)N4CCC[C@H]4c4nc(C)cs4)c3)C2)c1. The van der Waals surface area contributed by atoms with Gasteiger partial charge in [-0.05, 0) is 67.6 Å². The lowest BCUT2D eigenvalue weighted by Gasteiger charge is -2.39. The molecule has 246 valence electrons. The van der Waals surface area contributed by atoms with Crippen LogP contribution in [-0.2, 0) is 13.0 Å². The molecular formula is C37H43N5O4S. The van der Waals surface area contributed by atoms with Crippen molar-refractivity contribution in [2.45, 2.75) is 57.0 Å². The first-order valence-corrected chi connectivity index (χ1v) is 17.2. The maximum absolute atomic E-state index is 13.8. The molecule has 10 heteroatoms. The minimum Gasteiger partial charge on any atom is -0.497 e. The second-order valence-corrected chi connectivity index (χ2v) is 13.4. The van der Waals surface area contributed by atoms with Crippen LogP contribution in [0.1, 0.15) is 61.4 Å². The molecule has 2 amide bonds. The number of aromatic nitrogens is 1. The lowest BCUT2D eigenvalue weighted by Crippen LogP contribution is -2.61. The van der Waals surface area contributed by atoms with Gasteiger partial charge in [-0.2, -0.15) is 0 Å². The Labute approximate surface area is 280 Å². The smallest absolute Gasteiger partial charge is 0.254 e. The fraction of sp³-hybridized carbons (Fsp3) is 0.378. The summed E-state index contributed by atoms with van der Waals surface area (Å²) >= 11 is 1.59. The average Bonchev–Trinajstić information content (AvgIpc) is 3.77. The monoisotopic (exact) mass is 653 g/mol. The molecule has 6 rings (SSSR count). The van der Waals surface area contributed by atoms with Gasteiger partial charge in [0.05, 0.1) is 25.3 Å². The fourth-order valence-electron chi connectivity index (χ4n) is 6.65. The lowest BCUT2D eigenvalue weighted by molar-refractivity contribution is 0.0464. The van der Waals surface area contributed by atoms with Crippen molar-refractivity contribution in [1.29, 1.82) is 0 Å². The fourth-order valence-corrected chi connectivity index (χ4v) is 7.59. The van der Waals surface area contributed by atoms with Crippen LogP contribution in [0.4, 0.5) is 0 Å². The molecule has 9 nitrogen and oxygen atoms in total. The van der Waals surface area contributed by atoms with Crippen LogP contribution in [0.25, 0.3) is 0 Å². The quantitative estimate of drug-likeness (QED) is 0.217. The van der Waals surface area contributed by atoms with Gasteiger partial charge in [0.1, 0.15) is 10.8 Å². The zero-order valence-electron chi connectivity index (χ0n) is 27.0. The van der Waals surface area contributed by atoms with Gasteiger partial charge >= 0.3 is 0 Å². The highest BCUT2D eigenvalue weighted by atomic mass is 32.1. The topological polar surface area (TPSA) is 107 Å². The Morgan fingerprint density at radius 3 is 2.62 bits per heavy atom. The second kappa shape index (κ2) is 15.2. The minimum absolute atomic E-state index is 0.0458. The number of rotatable bonds is 11. The molecule has 2 aliphatic heterocycles. The number of aliphatic hydroxyl groups is 1. The molecule has 3 aromatic carbocycles. The number of aliphatic hydroxyl groups excluding tert-OH is 1. The van der Waals surface area contributed by atoms with Gasteiger partial charge in [-0.3, -0.25) is 14.5 Å². The Morgan fingerprint density at radius 1 is 1.04 bits per heavy atom. The molecule has 0 spiro atoms. The number of nitrogens with zero attached hydrogens (tertiary/aromatic N) is 3. The van der Waals surface area contributed by atoms with Crippen LogP contribution in [0, 0.1) is 6.92 Å². The molecule has 47 heavy (non-hydrogen) atoms. The second-order valence-electron chi connectivity index (χ2n) is 12.5. The van der Waals surface area contributed by atoms with Crippen molar-refractivity contribution in [3.05, 3.63) is 117 Å². The Bertz CT molecular complexity index is 1660. The van der Waals surface area contributed by atoms with Crippen LogP contribution in [0.15, 0.2) is 84.2 Å². The number of carbonyl (C=O) groups is 2. The van der Waals surface area contributed by atoms with Gasteiger partial charge in [0.15, 0.2) is 0 Å². The molecule has 0 radical (unpaired) electrons. The first-order chi connectivity index (χ1) is 22.9. The number of nitrogens with one attached hydrogen (secondary N) is 2. The van der Waals surface area contributed by atoms with Crippen molar-refractivity contribution in [1.82, 2.24) is 25.4 Å². The number of ether oxygens (including phenoxy) is 1. The largest absolute Gasteiger partial charge is 0.497 e. The van der Waals surface area contributed by atoms with E-state index in [4.69, 9.17) is 4.74 Å². The summed E-state index contributed by atoms with van der Waals surface area (Å²) in [6.07, 6.45) is 1.40. The number of likely N-dealkylation sites (tertiary alicyclic amines) is 1. The molecule has 2 fully saturated rings. The van der Waals surface area contributed by atoms with E-state index in [1.165, 1.54) is 0 Å². The van der Waals surface area contributed by atoms with E-state index in [9.17, 15) is 14.7 Å². The summed E-state index contributed by atoms with van der Waals surface area (Å²) < 4.78 is 5.40. The van der Waals surface area contributed by atoms with Crippen LogP contribution in [-0.4, -0.2) is 83.2 Å². The molecular weight excluding hydrogens is 611 g/mol. The predicted octanol–water partition coefficient (Wildman–Crippen LogP) is 4.61. The standard InChI is InChI=1S/C37H43N5O4S/c1-25-24-47-36(39-25)33-15-8-17-42(33)37(45)29-13-7-12-28(21-29)35(44)40-31(20-26-9-4-3-5-10-26)34(43)32-23-41(18-16-38-32)22-27-11-6-14-30(19-27)46-2/h3-7,9-14,19,21,24,31-34,38,43H,8,15-18,20,22-23H2,1-2H3,(H,40,44)/t31-,32+,33+,34+/m1/s1. The number of thiazole rings is 1. The third kappa shape index (κ3) is 8.08. The normalized spacial score (nSPS) is 19.7. The maximum atomic E-state index is 13.8. The van der Waals surface area contributed by atoms with Crippen molar-refractivity contribution >= 4 is 23.2 Å². The van der Waals surface area contributed by atoms with Crippen LogP contribution in [0.5, 0.6) is 5.75 Å². The number of carbonyl (C=O) groups excluding carboxylic acids is 2. The van der Waals surface area contributed by atoms with Gasteiger partial charge in [-0.15, -0.1) is 11.3 Å². The highest BCUT2D eigenvalue weighted by molar-refractivity contribution is 7.09. The molecule has 1 aromatic heterocycles. The van der Waals surface area contributed by atoms with Crippen molar-refractivity contribution in [3.63, 3.8) is 0 Å². The first kappa shape index (κ1) is 32.8. The van der Waals surface area contributed by atoms with Crippen molar-refractivity contribution in [3.8, 4) is 5.75 Å². The average molecular weight is 654 g/mol. The summed E-state index contributed by atoms with van der Waals surface area (Å²) in [5.74, 6) is 0.399. The molecule has 3 heterocycles. The minimum atomic E-state index is -0.857. The molecule has 0 bridgehead atoms. The van der Waals surface area contributed by atoms with Gasteiger partial charge in [0.25, 0.3) is 11.8 Å². The van der Waals surface area contributed by atoms with Gasteiger partial charge in [-0.1, -0.05) is 48.5 Å².